The van der Waals surface area contributed by atoms with Gasteiger partial charge in [-0.15, -0.1) is 12.4 Å². The molecular formula is C17H28ClN3O2. The largest absolute Gasteiger partial charge is 0.361 e. The van der Waals surface area contributed by atoms with Crippen LogP contribution in [0.25, 0.3) is 0 Å². The molecule has 1 aromatic heterocycles. The number of halogens is 1. The highest BCUT2D eigenvalue weighted by atomic mass is 35.5. The van der Waals surface area contributed by atoms with Gasteiger partial charge in [-0.3, -0.25) is 9.69 Å². The van der Waals surface area contributed by atoms with Crippen molar-refractivity contribution in [3.63, 3.8) is 0 Å². The minimum atomic E-state index is 0. The molecule has 130 valence electrons. The summed E-state index contributed by atoms with van der Waals surface area (Å²) in [5.74, 6) is 1.61. The van der Waals surface area contributed by atoms with Crippen LogP contribution in [0.3, 0.4) is 0 Å². The Morgan fingerprint density at radius 2 is 1.78 bits per heavy atom. The molecule has 0 aromatic carbocycles. The number of hydrogen-bond acceptors (Lipinski definition) is 4. The second-order valence-electron chi connectivity index (χ2n) is 6.74. The third kappa shape index (κ3) is 4.27. The highest BCUT2D eigenvalue weighted by Crippen LogP contribution is 2.26. The number of rotatable bonds is 3. The Kier molecular flexibility index (Phi) is 6.48. The minimum absolute atomic E-state index is 0. The standard InChI is InChI=1S/C17H27N3O2.ClH/c1-13-16(14(2)22-18-13)12-19-8-10-20(11-9-19)17(21)15-6-4-3-5-7-15;/h15H,3-12H2,1-2H3;1H. The summed E-state index contributed by atoms with van der Waals surface area (Å²) in [7, 11) is 0. The predicted molar refractivity (Wildman–Crippen MR) is 91.7 cm³/mol. The zero-order chi connectivity index (χ0) is 15.5. The van der Waals surface area contributed by atoms with Crippen LogP contribution >= 0.6 is 12.4 Å². The van der Waals surface area contributed by atoms with Crippen molar-refractivity contribution in [1.29, 1.82) is 0 Å². The quantitative estimate of drug-likeness (QED) is 0.848. The Hall–Kier alpha value is -1.07. The SMILES string of the molecule is Cc1noc(C)c1CN1CCN(C(=O)C2CCCCC2)CC1.Cl. The van der Waals surface area contributed by atoms with Gasteiger partial charge in [-0.05, 0) is 26.7 Å². The lowest BCUT2D eigenvalue weighted by molar-refractivity contribution is -0.138. The van der Waals surface area contributed by atoms with Crippen molar-refractivity contribution < 1.29 is 9.32 Å². The van der Waals surface area contributed by atoms with E-state index in [1.165, 1.54) is 24.8 Å². The van der Waals surface area contributed by atoms with Gasteiger partial charge in [0.25, 0.3) is 0 Å². The highest BCUT2D eigenvalue weighted by molar-refractivity contribution is 5.85. The molecule has 0 spiro atoms. The molecule has 0 bridgehead atoms. The van der Waals surface area contributed by atoms with E-state index >= 15 is 0 Å². The molecule has 2 aliphatic rings. The third-order valence-corrected chi connectivity index (χ3v) is 5.20. The van der Waals surface area contributed by atoms with Gasteiger partial charge in [-0.1, -0.05) is 24.4 Å². The third-order valence-electron chi connectivity index (χ3n) is 5.20. The van der Waals surface area contributed by atoms with E-state index in [0.717, 1.165) is 57.0 Å². The summed E-state index contributed by atoms with van der Waals surface area (Å²) in [4.78, 5) is 17.1. The van der Waals surface area contributed by atoms with E-state index in [4.69, 9.17) is 4.52 Å². The van der Waals surface area contributed by atoms with E-state index in [1.807, 2.05) is 13.8 Å². The number of piperazine rings is 1. The molecule has 1 aliphatic carbocycles. The molecule has 3 rings (SSSR count). The number of aryl methyl sites for hydroxylation is 2. The Bertz CT molecular complexity index is 498. The van der Waals surface area contributed by atoms with E-state index in [1.54, 1.807) is 0 Å². The Morgan fingerprint density at radius 1 is 1.13 bits per heavy atom. The van der Waals surface area contributed by atoms with Gasteiger partial charge in [0.2, 0.25) is 5.91 Å². The lowest BCUT2D eigenvalue weighted by atomic mass is 9.88. The molecule has 1 saturated carbocycles. The van der Waals surface area contributed by atoms with Crippen molar-refractivity contribution in [3.8, 4) is 0 Å². The molecule has 1 aromatic rings. The van der Waals surface area contributed by atoms with Crippen molar-refractivity contribution in [2.75, 3.05) is 26.2 Å². The van der Waals surface area contributed by atoms with Gasteiger partial charge in [0.1, 0.15) is 5.76 Å². The zero-order valence-electron chi connectivity index (χ0n) is 14.2. The van der Waals surface area contributed by atoms with E-state index in [2.05, 4.69) is 15.0 Å². The van der Waals surface area contributed by atoms with Crippen LogP contribution in [0.2, 0.25) is 0 Å². The van der Waals surface area contributed by atoms with Crippen LogP contribution in [0.4, 0.5) is 0 Å². The van der Waals surface area contributed by atoms with E-state index in [9.17, 15) is 4.79 Å². The van der Waals surface area contributed by atoms with Gasteiger partial charge in [-0.2, -0.15) is 0 Å². The number of nitrogens with zero attached hydrogens (tertiary/aromatic N) is 3. The fourth-order valence-electron chi connectivity index (χ4n) is 3.69. The first-order valence-electron chi connectivity index (χ1n) is 8.58. The van der Waals surface area contributed by atoms with Gasteiger partial charge in [0.15, 0.2) is 0 Å². The topological polar surface area (TPSA) is 49.6 Å². The summed E-state index contributed by atoms with van der Waals surface area (Å²) in [6.07, 6.45) is 5.94. The summed E-state index contributed by atoms with van der Waals surface area (Å²) in [6, 6.07) is 0. The van der Waals surface area contributed by atoms with E-state index in [-0.39, 0.29) is 12.4 Å². The molecule has 0 radical (unpaired) electrons. The average molecular weight is 342 g/mol. The van der Waals surface area contributed by atoms with E-state index < -0.39 is 0 Å². The molecule has 0 unspecified atom stereocenters. The maximum Gasteiger partial charge on any atom is 0.225 e. The molecule has 2 heterocycles. The van der Waals surface area contributed by atoms with Gasteiger partial charge in [-0.25, -0.2) is 0 Å². The smallest absolute Gasteiger partial charge is 0.225 e. The van der Waals surface area contributed by atoms with Crippen molar-refractivity contribution in [3.05, 3.63) is 17.0 Å². The zero-order valence-corrected chi connectivity index (χ0v) is 15.0. The van der Waals surface area contributed by atoms with Crippen LogP contribution < -0.4 is 0 Å². The Labute approximate surface area is 144 Å². The first-order chi connectivity index (χ1) is 10.6. The normalized spacial score (nSPS) is 20.3. The lowest BCUT2D eigenvalue weighted by Gasteiger charge is -2.37. The fourth-order valence-corrected chi connectivity index (χ4v) is 3.69. The summed E-state index contributed by atoms with van der Waals surface area (Å²) < 4.78 is 5.23. The summed E-state index contributed by atoms with van der Waals surface area (Å²) in [6.45, 7) is 8.46. The molecule has 1 aliphatic heterocycles. The number of amides is 1. The highest BCUT2D eigenvalue weighted by Gasteiger charge is 2.28. The summed E-state index contributed by atoms with van der Waals surface area (Å²) >= 11 is 0. The first-order valence-corrected chi connectivity index (χ1v) is 8.58. The van der Waals surface area contributed by atoms with Crippen LogP contribution in [0.5, 0.6) is 0 Å². The number of hydrogen-bond donors (Lipinski definition) is 0. The maximum atomic E-state index is 12.6. The Morgan fingerprint density at radius 3 is 2.35 bits per heavy atom. The second kappa shape index (κ2) is 8.15. The monoisotopic (exact) mass is 341 g/mol. The molecule has 2 fully saturated rings. The molecule has 6 heteroatoms. The van der Waals surface area contributed by atoms with Gasteiger partial charge in [0, 0.05) is 44.2 Å². The van der Waals surface area contributed by atoms with Crippen molar-refractivity contribution >= 4 is 18.3 Å². The second-order valence-corrected chi connectivity index (χ2v) is 6.74. The molecular weight excluding hydrogens is 314 g/mol. The minimum Gasteiger partial charge on any atom is -0.361 e. The Balaban J connectivity index is 0.00000192. The van der Waals surface area contributed by atoms with Crippen molar-refractivity contribution in [1.82, 2.24) is 15.0 Å². The van der Waals surface area contributed by atoms with Crippen LogP contribution in [-0.4, -0.2) is 47.0 Å². The first kappa shape index (κ1) is 18.3. The molecule has 1 saturated heterocycles. The number of aromatic nitrogens is 1. The predicted octanol–water partition coefficient (Wildman–Crippen LogP) is 2.94. The van der Waals surface area contributed by atoms with E-state index in [0.29, 0.717) is 11.8 Å². The van der Waals surface area contributed by atoms with Gasteiger partial charge >= 0.3 is 0 Å². The van der Waals surface area contributed by atoms with Crippen LogP contribution in [-0.2, 0) is 11.3 Å². The lowest BCUT2D eigenvalue weighted by Crippen LogP contribution is -2.50. The number of carbonyl (C=O) groups excluding carboxylic acids is 1. The summed E-state index contributed by atoms with van der Waals surface area (Å²) in [5, 5.41) is 4.02. The van der Waals surface area contributed by atoms with Crippen LogP contribution in [0.15, 0.2) is 4.52 Å². The molecule has 0 N–H and O–H groups in total. The number of carbonyl (C=O) groups is 1. The summed E-state index contributed by atoms with van der Waals surface area (Å²) in [5.41, 5.74) is 2.19. The van der Waals surface area contributed by atoms with Crippen molar-refractivity contribution in [2.45, 2.75) is 52.5 Å². The van der Waals surface area contributed by atoms with Crippen molar-refractivity contribution in [2.24, 2.45) is 5.92 Å². The molecule has 5 nitrogen and oxygen atoms in total. The molecule has 23 heavy (non-hydrogen) atoms. The average Bonchev–Trinajstić information content (AvgIpc) is 2.88. The van der Waals surface area contributed by atoms with Crippen LogP contribution in [0.1, 0.15) is 49.1 Å². The van der Waals surface area contributed by atoms with Crippen LogP contribution in [0, 0.1) is 19.8 Å². The fraction of sp³-hybridized carbons (Fsp3) is 0.765. The molecule has 0 atom stereocenters. The van der Waals surface area contributed by atoms with Gasteiger partial charge in [0.05, 0.1) is 5.69 Å². The molecule has 1 amide bonds. The van der Waals surface area contributed by atoms with Gasteiger partial charge < -0.3 is 9.42 Å². The maximum absolute atomic E-state index is 12.6.